The number of amides is 2. The zero-order chi connectivity index (χ0) is 19.7. The molecule has 146 valence electrons. The van der Waals surface area contributed by atoms with E-state index in [-0.39, 0.29) is 17.9 Å². The first-order chi connectivity index (χ1) is 13.5. The molecule has 1 unspecified atom stereocenters. The zero-order valence-electron chi connectivity index (χ0n) is 16.1. The van der Waals surface area contributed by atoms with Crippen molar-refractivity contribution in [1.82, 2.24) is 5.32 Å². The van der Waals surface area contributed by atoms with Crippen molar-refractivity contribution in [2.45, 2.75) is 32.7 Å². The summed E-state index contributed by atoms with van der Waals surface area (Å²) in [5, 5.41) is 5.96. The summed E-state index contributed by atoms with van der Waals surface area (Å²) >= 11 is 0. The van der Waals surface area contributed by atoms with E-state index in [1.165, 1.54) is 6.92 Å². The molecule has 2 aliphatic rings. The molecule has 2 aromatic carbocycles. The van der Waals surface area contributed by atoms with Crippen LogP contribution in [0.15, 0.2) is 36.4 Å². The average Bonchev–Trinajstić information content (AvgIpc) is 3.52. The Morgan fingerprint density at radius 2 is 1.82 bits per heavy atom. The quantitative estimate of drug-likeness (QED) is 0.831. The second-order valence-electron chi connectivity index (χ2n) is 7.35. The maximum absolute atomic E-state index is 13.0. The van der Waals surface area contributed by atoms with E-state index in [4.69, 9.17) is 9.47 Å². The molecule has 1 atom stereocenters. The first-order valence-electron chi connectivity index (χ1n) is 9.60. The lowest BCUT2D eigenvalue weighted by atomic mass is 10.00. The number of carbonyl (C=O) groups is 2. The first kappa shape index (κ1) is 18.3. The minimum absolute atomic E-state index is 0.0767. The van der Waals surface area contributed by atoms with Crippen LogP contribution in [-0.2, 0) is 4.79 Å². The third-order valence-corrected chi connectivity index (χ3v) is 5.19. The Morgan fingerprint density at radius 1 is 1.07 bits per heavy atom. The molecule has 1 aliphatic heterocycles. The van der Waals surface area contributed by atoms with Crippen LogP contribution in [0.4, 0.5) is 5.69 Å². The Bertz CT molecular complexity index is 921. The predicted molar refractivity (Wildman–Crippen MR) is 106 cm³/mol. The van der Waals surface area contributed by atoms with E-state index in [2.05, 4.69) is 10.6 Å². The van der Waals surface area contributed by atoms with Gasteiger partial charge in [0, 0.05) is 18.2 Å². The molecule has 1 heterocycles. The van der Waals surface area contributed by atoms with Crippen LogP contribution in [0.1, 0.15) is 47.3 Å². The molecule has 1 aliphatic carbocycles. The van der Waals surface area contributed by atoms with Gasteiger partial charge in [0.05, 0.1) is 6.04 Å². The Morgan fingerprint density at radius 3 is 2.54 bits per heavy atom. The van der Waals surface area contributed by atoms with Crippen LogP contribution in [0, 0.1) is 12.8 Å². The highest BCUT2D eigenvalue weighted by molar-refractivity contribution is 5.99. The van der Waals surface area contributed by atoms with Gasteiger partial charge in [0.25, 0.3) is 5.91 Å². The Balaban J connectivity index is 1.58. The number of nitrogens with one attached hydrogen (secondary N) is 2. The third kappa shape index (κ3) is 3.81. The van der Waals surface area contributed by atoms with Crippen LogP contribution in [0.2, 0.25) is 0 Å². The lowest BCUT2D eigenvalue weighted by Gasteiger charge is -2.23. The number of hydrogen-bond acceptors (Lipinski definition) is 4. The first-order valence-corrected chi connectivity index (χ1v) is 9.60. The largest absolute Gasteiger partial charge is 0.486 e. The highest BCUT2D eigenvalue weighted by atomic mass is 16.6. The van der Waals surface area contributed by atoms with Gasteiger partial charge in [-0.3, -0.25) is 9.59 Å². The maximum atomic E-state index is 13.0. The van der Waals surface area contributed by atoms with Crippen LogP contribution < -0.4 is 20.1 Å². The minimum atomic E-state index is -0.159. The number of carbonyl (C=O) groups excluding carboxylic acids is 2. The monoisotopic (exact) mass is 380 g/mol. The SMILES string of the molecule is CC(=O)Nc1cccc(C(=O)NC(c2ccc3c(c2)OCCO3)C2CC2)c1C. The molecule has 1 saturated carbocycles. The molecule has 4 rings (SSSR count). The summed E-state index contributed by atoms with van der Waals surface area (Å²) < 4.78 is 11.3. The maximum Gasteiger partial charge on any atom is 0.252 e. The van der Waals surface area contributed by atoms with E-state index < -0.39 is 0 Å². The van der Waals surface area contributed by atoms with Gasteiger partial charge in [-0.1, -0.05) is 12.1 Å². The number of fused-ring (bicyclic) bond motifs is 1. The molecule has 2 amide bonds. The second-order valence-corrected chi connectivity index (χ2v) is 7.35. The fraction of sp³-hybridized carbons (Fsp3) is 0.364. The molecule has 2 aromatic rings. The van der Waals surface area contributed by atoms with Crippen LogP contribution >= 0.6 is 0 Å². The molecule has 1 fully saturated rings. The van der Waals surface area contributed by atoms with Crippen molar-refractivity contribution in [3.8, 4) is 11.5 Å². The van der Waals surface area contributed by atoms with Crippen molar-refractivity contribution in [3.05, 3.63) is 53.1 Å². The van der Waals surface area contributed by atoms with Gasteiger partial charge in [-0.2, -0.15) is 0 Å². The van der Waals surface area contributed by atoms with Gasteiger partial charge < -0.3 is 20.1 Å². The van der Waals surface area contributed by atoms with Crippen LogP contribution in [0.3, 0.4) is 0 Å². The van der Waals surface area contributed by atoms with Crippen molar-refractivity contribution in [2.24, 2.45) is 5.92 Å². The Kier molecular flexibility index (Phi) is 4.94. The van der Waals surface area contributed by atoms with Gasteiger partial charge in [-0.15, -0.1) is 0 Å². The summed E-state index contributed by atoms with van der Waals surface area (Å²) in [6.45, 7) is 4.39. The zero-order valence-corrected chi connectivity index (χ0v) is 16.1. The smallest absolute Gasteiger partial charge is 0.252 e. The molecule has 2 N–H and O–H groups in total. The summed E-state index contributed by atoms with van der Waals surface area (Å²) in [7, 11) is 0. The number of ether oxygens (including phenoxy) is 2. The third-order valence-electron chi connectivity index (χ3n) is 5.19. The lowest BCUT2D eigenvalue weighted by Crippen LogP contribution is -2.30. The van der Waals surface area contributed by atoms with Crippen molar-refractivity contribution in [2.75, 3.05) is 18.5 Å². The molecule has 0 saturated heterocycles. The van der Waals surface area contributed by atoms with Gasteiger partial charge in [-0.25, -0.2) is 0 Å². The Hall–Kier alpha value is -3.02. The molecule has 6 nitrogen and oxygen atoms in total. The van der Waals surface area contributed by atoms with Crippen molar-refractivity contribution < 1.29 is 19.1 Å². The highest BCUT2D eigenvalue weighted by Crippen LogP contribution is 2.43. The predicted octanol–water partition coefficient (Wildman–Crippen LogP) is 3.61. The van der Waals surface area contributed by atoms with Gasteiger partial charge in [-0.05, 0) is 61.1 Å². The van der Waals surface area contributed by atoms with Gasteiger partial charge in [0.2, 0.25) is 5.91 Å². The Labute approximate surface area is 164 Å². The fourth-order valence-electron chi connectivity index (χ4n) is 3.58. The van der Waals surface area contributed by atoms with E-state index in [9.17, 15) is 9.59 Å². The minimum Gasteiger partial charge on any atom is -0.486 e. The average molecular weight is 380 g/mol. The van der Waals surface area contributed by atoms with Crippen LogP contribution in [-0.4, -0.2) is 25.0 Å². The van der Waals surface area contributed by atoms with Crippen LogP contribution in [0.25, 0.3) is 0 Å². The normalized spacial score (nSPS) is 16.2. The molecule has 0 aromatic heterocycles. The van der Waals surface area contributed by atoms with E-state index in [1.807, 2.05) is 25.1 Å². The molecular formula is C22H24N2O4. The molecule has 6 heteroatoms. The number of rotatable bonds is 5. The topological polar surface area (TPSA) is 76.7 Å². The summed E-state index contributed by atoms with van der Waals surface area (Å²) in [5.74, 6) is 1.59. The van der Waals surface area contributed by atoms with E-state index >= 15 is 0 Å². The molecule has 0 spiro atoms. The molecule has 28 heavy (non-hydrogen) atoms. The van der Waals surface area contributed by atoms with E-state index in [0.29, 0.717) is 30.4 Å². The van der Waals surface area contributed by atoms with E-state index in [1.54, 1.807) is 18.2 Å². The van der Waals surface area contributed by atoms with Crippen molar-refractivity contribution in [3.63, 3.8) is 0 Å². The van der Waals surface area contributed by atoms with Gasteiger partial charge in [0.1, 0.15) is 13.2 Å². The van der Waals surface area contributed by atoms with Crippen LogP contribution in [0.5, 0.6) is 11.5 Å². The summed E-state index contributed by atoms with van der Waals surface area (Å²) in [6, 6.07) is 11.2. The van der Waals surface area contributed by atoms with Gasteiger partial charge >= 0.3 is 0 Å². The second kappa shape index (κ2) is 7.54. The summed E-state index contributed by atoms with van der Waals surface area (Å²) in [6.07, 6.45) is 2.18. The summed E-state index contributed by atoms with van der Waals surface area (Å²) in [5.41, 5.74) is 3.00. The fourth-order valence-corrected chi connectivity index (χ4v) is 3.58. The van der Waals surface area contributed by atoms with Crippen molar-refractivity contribution >= 4 is 17.5 Å². The molecule has 0 bridgehead atoms. The number of hydrogen-bond donors (Lipinski definition) is 2. The van der Waals surface area contributed by atoms with Gasteiger partial charge in [0.15, 0.2) is 11.5 Å². The van der Waals surface area contributed by atoms with Crippen molar-refractivity contribution in [1.29, 1.82) is 0 Å². The van der Waals surface area contributed by atoms with E-state index in [0.717, 1.165) is 35.5 Å². The lowest BCUT2D eigenvalue weighted by molar-refractivity contribution is -0.114. The number of benzene rings is 2. The molecular weight excluding hydrogens is 356 g/mol. The molecule has 0 radical (unpaired) electrons. The standard InChI is InChI=1S/C22H24N2O4/c1-13-17(4-3-5-18(13)23-14(2)25)22(26)24-21(15-6-7-15)16-8-9-19-20(12-16)28-11-10-27-19/h3-5,8-9,12,15,21H,6-7,10-11H2,1-2H3,(H,23,25)(H,24,26). The number of anilines is 1. The summed E-state index contributed by atoms with van der Waals surface area (Å²) in [4.78, 5) is 24.4. The highest BCUT2D eigenvalue weighted by Gasteiger charge is 2.34.